The Labute approximate surface area is 117 Å². The van der Waals surface area contributed by atoms with Gasteiger partial charge in [-0.1, -0.05) is 44.5 Å². The number of hydrogen-bond donors (Lipinski definition) is 1. The normalized spacial score (nSPS) is 23.2. The third-order valence-corrected chi connectivity index (χ3v) is 4.37. The summed E-state index contributed by atoms with van der Waals surface area (Å²) in [6.45, 7) is 6.86. The standard InChI is InChI=1S/C17H27NO/c1-13(2)15-8-6-14(7-9-15)11-19-12-17-5-3-4-16(17)10-18/h6-9,13,16-17H,3-5,10-12,18H2,1-2H3. The first-order valence-corrected chi connectivity index (χ1v) is 7.57. The van der Waals surface area contributed by atoms with Gasteiger partial charge in [-0.2, -0.15) is 0 Å². The molecule has 1 saturated carbocycles. The minimum absolute atomic E-state index is 0.596. The monoisotopic (exact) mass is 261 g/mol. The lowest BCUT2D eigenvalue weighted by atomic mass is 9.97. The number of hydrogen-bond acceptors (Lipinski definition) is 2. The first kappa shape index (κ1) is 14.5. The zero-order valence-corrected chi connectivity index (χ0v) is 12.3. The Hall–Kier alpha value is -0.860. The van der Waals surface area contributed by atoms with Crippen LogP contribution in [0.5, 0.6) is 0 Å². The highest BCUT2D eigenvalue weighted by Crippen LogP contribution is 2.31. The van der Waals surface area contributed by atoms with E-state index in [9.17, 15) is 0 Å². The van der Waals surface area contributed by atoms with Crippen LogP contribution in [-0.2, 0) is 11.3 Å². The van der Waals surface area contributed by atoms with Crippen molar-refractivity contribution >= 4 is 0 Å². The van der Waals surface area contributed by atoms with Crippen LogP contribution in [0.15, 0.2) is 24.3 Å². The van der Waals surface area contributed by atoms with Gasteiger partial charge in [0.1, 0.15) is 0 Å². The average molecular weight is 261 g/mol. The summed E-state index contributed by atoms with van der Waals surface area (Å²) in [5.41, 5.74) is 8.46. The van der Waals surface area contributed by atoms with E-state index in [-0.39, 0.29) is 0 Å². The van der Waals surface area contributed by atoms with Crippen molar-refractivity contribution < 1.29 is 4.74 Å². The smallest absolute Gasteiger partial charge is 0.0717 e. The van der Waals surface area contributed by atoms with Gasteiger partial charge in [0, 0.05) is 0 Å². The minimum atomic E-state index is 0.596. The molecule has 2 unspecified atom stereocenters. The van der Waals surface area contributed by atoms with E-state index >= 15 is 0 Å². The van der Waals surface area contributed by atoms with Crippen molar-refractivity contribution in [1.82, 2.24) is 0 Å². The van der Waals surface area contributed by atoms with Gasteiger partial charge in [-0.3, -0.25) is 0 Å². The molecular formula is C17H27NO. The second-order valence-corrected chi connectivity index (χ2v) is 6.10. The summed E-state index contributed by atoms with van der Waals surface area (Å²) < 4.78 is 5.88. The van der Waals surface area contributed by atoms with E-state index in [1.165, 1.54) is 30.4 Å². The molecule has 0 amide bonds. The third kappa shape index (κ3) is 4.05. The topological polar surface area (TPSA) is 35.2 Å². The quantitative estimate of drug-likeness (QED) is 0.847. The van der Waals surface area contributed by atoms with E-state index in [4.69, 9.17) is 10.5 Å². The highest BCUT2D eigenvalue weighted by Gasteiger charge is 2.25. The molecule has 0 radical (unpaired) electrons. The fourth-order valence-electron chi connectivity index (χ4n) is 2.97. The van der Waals surface area contributed by atoms with Gasteiger partial charge >= 0.3 is 0 Å². The Balaban J connectivity index is 1.76. The molecule has 1 aliphatic rings. The Kier molecular flexibility index (Phi) is 5.41. The Morgan fingerprint density at radius 1 is 1.16 bits per heavy atom. The lowest BCUT2D eigenvalue weighted by Crippen LogP contribution is -2.22. The van der Waals surface area contributed by atoms with Crippen molar-refractivity contribution in [2.45, 2.75) is 45.6 Å². The molecule has 2 nitrogen and oxygen atoms in total. The van der Waals surface area contributed by atoms with Crippen molar-refractivity contribution in [3.05, 3.63) is 35.4 Å². The fourth-order valence-corrected chi connectivity index (χ4v) is 2.97. The molecule has 2 rings (SSSR count). The lowest BCUT2D eigenvalue weighted by molar-refractivity contribution is 0.0753. The summed E-state index contributed by atoms with van der Waals surface area (Å²) in [5, 5.41) is 0. The van der Waals surface area contributed by atoms with Crippen LogP contribution in [0.2, 0.25) is 0 Å². The molecule has 0 bridgehead atoms. The molecule has 2 N–H and O–H groups in total. The first-order chi connectivity index (χ1) is 9.20. The van der Waals surface area contributed by atoms with Crippen LogP contribution >= 0.6 is 0 Å². The van der Waals surface area contributed by atoms with Gasteiger partial charge in [-0.25, -0.2) is 0 Å². The molecule has 0 heterocycles. The van der Waals surface area contributed by atoms with Gasteiger partial charge in [0.25, 0.3) is 0 Å². The number of ether oxygens (including phenoxy) is 1. The van der Waals surface area contributed by atoms with Gasteiger partial charge in [0.2, 0.25) is 0 Å². The van der Waals surface area contributed by atoms with Crippen LogP contribution in [0.25, 0.3) is 0 Å². The van der Waals surface area contributed by atoms with Crippen LogP contribution < -0.4 is 5.73 Å². The molecular weight excluding hydrogens is 234 g/mol. The predicted octanol–water partition coefficient (Wildman–Crippen LogP) is 3.70. The van der Waals surface area contributed by atoms with Gasteiger partial charge in [-0.05, 0) is 48.3 Å². The van der Waals surface area contributed by atoms with Crippen LogP contribution in [0.3, 0.4) is 0 Å². The number of nitrogens with two attached hydrogens (primary N) is 1. The van der Waals surface area contributed by atoms with Gasteiger partial charge < -0.3 is 10.5 Å². The highest BCUT2D eigenvalue weighted by molar-refractivity contribution is 5.24. The minimum Gasteiger partial charge on any atom is -0.376 e. The molecule has 0 saturated heterocycles. The Morgan fingerprint density at radius 2 is 1.84 bits per heavy atom. The predicted molar refractivity (Wildman–Crippen MR) is 80.1 cm³/mol. The van der Waals surface area contributed by atoms with Crippen LogP contribution in [0, 0.1) is 11.8 Å². The fraction of sp³-hybridized carbons (Fsp3) is 0.647. The average Bonchev–Trinajstić information content (AvgIpc) is 2.87. The van der Waals surface area contributed by atoms with Crippen LogP contribution in [-0.4, -0.2) is 13.2 Å². The Morgan fingerprint density at radius 3 is 2.47 bits per heavy atom. The van der Waals surface area contributed by atoms with E-state index in [2.05, 4.69) is 38.1 Å². The molecule has 19 heavy (non-hydrogen) atoms. The molecule has 1 aliphatic carbocycles. The van der Waals surface area contributed by atoms with Gasteiger partial charge in [-0.15, -0.1) is 0 Å². The molecule has 2 atom stereocenters. The van der Waals surface area contributed by atoms with Crippen molar-refractivity contribution in [3.63, 3.8) is 0 Å². The summed E-state index contributed by atoms with van der Waals surface area (Å²) >= 11 is 0. The maximum Gasteiger partial charge on any atom is 0.0717 e. The zero-order valence-electron chi connectivity index (χ0n) is 12.3. The van der Waals surface area contributed by atoms with Crippen LogP contribution in [0.1, 0.15) is 50.2 Å². The maximum absolute atomic E-state index is 5.88. The number of benzene rings is 1. The SMILES string of the molecule is CC(C)c1ccc(COCC2CCCC2CN)cc1. The van der Waals surface area contributed by atoms with Crippen LogP contribution in [0.4, 0.5) is 0 Å². The zero-order chi connectivity index (χ0) is 13.7. The molecule has 0 aromatic heterocycles. The van der Waals surface area contributed by atoms with Gasteiger partial charge in [0.15, 0.2) is 0 Å². The first-order valence-electron chi connectivity index (χ1n) is 7.57. The van der Waals surface area contributed by atoms with E-state index in [1.54, 1.807) is 0 Å². The summed E-state index contributed by atoms with van der Waals surface area (Å²) in [6, 6.07) is 8.79. The highest BCUT2D eigenvalue weighted by atomic mass is 16.5. The summed E-state index contributed by atoms with van der Waals surface area (Å²) in [7, 11) is 0. The van der Waals surface area contributed by atoms with E-state index in [1.807, 2.05) is 0 Å². The second kappa shape index (κ2) is 7.06. The van der Waals surface area contributed by atoms with Crippen molar-refractivity contribution in [3.8, 4) is 0 Å². The van der Waals surface area contributed by atoms with E-state index < -0.39 is 0 Å². The molecule has 1 aromatic rings. The Bertz CT molecular complexity index is 371. The van der Waals surface area contributed by atoms with Crippen molar-refractivity contribution in [2.24, 2.45) is 17.6 Å². The summed E-state index contributed by atoms with van der Waals surface area (Å²) in [5.74, 6) is 1.96. The molecule has 0 aliphatic heterocycles. The molecule has 106 valence electrons. The maximum atomic E-state index is 5.88. The summed E-state index contributed by atoms with van der Waals surface area (Å²) in [6.07, 6.45) is 3.89. The van der Waals surface area contributed by atoms with E-state index in [0.29, 0.717) is 17.8 Å². The lowest BCUT2D eigenvalue weighted by Gasteiger charge is -2.17. The van der Waals surface area contributed by atoms with E-state index in [0.717, 1.165) is 19.8 Å². The van der Waals surface area contributed by atoms with Gasteiger partial charge in [0.05, 0.1) is 13.2 Å². The molecule has 0 spiro atoms. The molecule has 2 heteroatoms. The third-order valence-electron chi connectivity index (χ3n) is 4.37. The van der Waals surface area contributed by atoms with Crippen molar-refractivity contribution in [2.75, 3.05) is 13.2 Å². The molecule has 1 fully saturated rings. The second-order valence-electron chi connectivity index (χ2n) is 6.10. The molecule has 1 aromatic carbocycles. The number of rotatable bonds is 6. The largest absolute Gasteiger partial charge is 0.376 e. The summed E-state index contributed by atoms with van der Waals surface area (Å²) in [4.78, 5) is 0. The van der Waals surface area contributed by atoms with Crippen molar-refractivity contribution in [1.29, 1.82) is 0 Å².